The van der Waals surface area contributed by atoms with Gasteiger partial charge in [0, 0.05) is 12.2 Å². The lowest BCUT2D eigenvalue weighted by molar-refractivity contribution is 0.0689. The Morgan fingerprint density at radius 2 is 2.36 bits per heavy atom. The second kappa shape index (κ2) is 4.76. The van der Waals surface area contributed by atoms with E-state index in [2.05, 4.69) is 5.10 Å². The minimum Gasteiger partial charge on any atom is -0.476 e. The van der Waals surface area contributed by atoms with Gasteiger partial charge in [0.15, 0.2) is 5.69 Å². The van der Waals surface area contributed by atoms with Crippen LogP contribution in [-0.4, -0.2) is 27.4 Å². The summed E-state index contributed by atoms with van der Waals surface area (Å²) in [4.78, 5) is 10.6. The minimum absolute atomic E-state index is 0.107. The first-order chi connectivity index (χ1) is 6.65. The van der Waals surface area contributed by atoms with Gasteiger partial charge in [0.05, 0.1) is 0 Å². The zero-order valence-electron chi connectivity index (χ0n) is 8.23. The maximum atomic E-state index is 10.6. The van der Waals surface area contributed by atoms with E-state index in [1.54, 1.807) is 10.7 Å². The van der Waals surface area contributed by atoms with Crippen molar-refractivity contribution < 1.29 is 9.90 Å². The molecule has 5 nitrogen and oxygen atoms in total. The lowest BCUT2D eigenvalue weighted by Gasteiger charge is -2.02. The smallest absolute Gasteiger partial charge is 0.356 e. The van der Waals surface area contributed by atoms with Crippen LogP contribution in [0.1, 0.15) is 29.0 Å². The Bertz CT molecular complexity index is 320. The number of carbonyl (C=O) groups is 1. The molecule has 1 aromatic rings. The minimum atomic E-state index is -0.981. The number of aryl methyl sites for hydroxylation is 2. The largest absolute Gasteiger partial charge is 0.476 e. The van der Waals surface area contributed by atoms with Crippen molar-refractivity contribution in [3.8, 4) is 0 Å². The fourth-order valence-corrected chi connectivity index (χ4v) is 1.25. The second-order valence-corrected chi connectivity index (χ2v) is 3.20. The topological polar surface area (TPSA) is 81.1 Å². The highest BCUT2D eigenvalue weighted by molar-refractivity contribution is 5.85. The van der Waals surface area contributed by atoms with E-state index in [1.165, 1.54) is 0 Å². The molecule has 0 unspecified atom stereocenters. The van der Waals surface area contributed by atoms with Crippen LogP contribution in [0.25, 0.3) is 0 Å². The monoisotopic (exact) mass is 197 g/mol. The fraction of sp³-hybridized carbons (Fsp3) is 0.556. The molecular weight excluding hydrogens is 182 g/mol. The van der Waals surface area contributed by atoms with E-state index in [4.69, 9.17) is 10.8 Å². The molecule has 0 radical (unpaired) electrons. The molecular formula is C9H15N3O2. The molecule has 5 heteroatoms. The normalized spacial score (nSPS) is 10.4. The number of carboxylic acid groups (broad SMARTS) is 1. The predicted octanol–water partition coefficient (Wildman–Crippen LogP) is 0.629. The third-order valence-corrected chi connectivity index (χ3v) is 2.02. The highest BCUT2D eigenvalue weighted by Crippen LogP contribution is 2.04. The molecule has 0 atom stereocenters. The first-order valence-corrected chi connectivity index (χ1v) is 4.63. The van der Waals surface area contributed by atoms with Crippen LogP contribution in [0, 0.1) is 6.92 Å². The fourth-order valence-electron chi connectivity index (χ4n) is 1.25. The van der Waals surface area contributed by atoms with Gasteiger partial charge in [-0.1, -0.05) is 0 Å². The van der Waals surface area contributed by atoms with Crippen molar-refractivity contribution in [2.75, 3.05) is 6.54 Å². The average molecular weight is 197 g/mol. The van der Waals surface area contributed by atoms with Crippen LogP contribution >= 0.6 is 0 Å². The van der Waals surface area contributed by atoms with E-state index in [1.807, 2.05) is 6.92 Å². The molecule has 0 spiro atoms. The number of nitrogens with zero attached hydrogens (tertiary/aromatic N) is 2. The van der Waals surface area contributed by atoms with Gasteiger partial charge in [0.2, 0.25) is 0 Å². The van der Waals surface area contributed by atoms with E-state index in [0.29, 0.717) is 6.54 Å². The van der Waals surface area contributed by atoms with Crippen LogP contribution in [0.2, 0.25) is 0 Å². The first kappa shape index (κ1) is 10.7. The summed E-state index contributed by atoms with van der Waals surface area (Å²) < 4.78 is 1.71. The molecule has 0 bridgehead atoms. The predicted molar refractivity (Wildman–Crippen MR) is 52.2 cm³/mol. The molecule has 78 valence electrons. The van der Waals surface area contributed by atoms with E-state index in [-0.39, 0.29) is 5.69 Å². The van der Waals surface area contributed by atoms with E-state index in [9.17, 15) is 4.79 Å². The van der Waals surface area contributed by atoms with Crippen molar-refractivity contribution in [3.05, 3.63) is 17.5 Å². The third-order valence-electron chi connectivity index (χ3n) is 2.02. The van der Waals surface area contributed by atoms with Gasteiger partial charge < -0.3 is 10.8 Å². The Kier molecular flexibility index (Phi) is 3.64. The summed E-state index contributed by atoms with van der Waals surface area (Å²) in [5.41, 5.74) is 6.34. The summed E-state index contributed by atoms with van der Waals surface area (Å²) >= 11 is 0. The van der Waals surface area contributed by atoms with Gasteiger partial charge >= 0.3 is 5.97 Å². The Hall–Kier alpha value is -1.36. The Morgan fingerprint density at radius 3 is 2.86 bits per heavy atom. The number of aromatic nitrogens is 2. The third kappa shape index (κ3) is 2.56. The molecule has 3 N–H and O–H groups in total. The molecule has 1 heterocycles. The van der Waals surface area contributed by atoms with Crippen LogP contribution in [-0.2, 0) is 6.54 Å². The number of aromatic carboxylic acids is 1. The number of carboxylic acids is 1. The second-order valence-electron chi connectivity index (χ2n) is 3.20. The van der Waals surface area contributed by atoms with E-state index >= 15 is 0 Å². The Morgan fingerprint density at radius 1 is 1.64 bits per heavy atom. The van der Waals surface area contributed by atoms with E-state index in [0.717, 1.165) is 25.1 Å². The van der Waals surface area contributed by atoms with Crippen molar-refractivity contribution in [2.24, 2.45) is 5.73 Å². The van der Waals surface area contributed by atoms with E-state index < -0.39 is 5.97 Å². The molecule has 0 saturated carbocycles. The Labute approximate surface area is 82.5 Å². The van der Waals surface area contributed by atoms with Crippen molar-refractivity contribution >= 4 is 5.97 Å². The van der Waals surface area contributed by atoms with Gasteiger partial charge in [-0.3, -0.25) is 4.68 Å². The van der Waals surface area contributed by atoms with Crippen LogP contribution in [0.3, 0.4) is 0 Å². The summed E-state index contributed by atoms with van der Waals surface area (Å²) in [5, 5.41) is 12.7. The summed E-state index contributed by atoms with van der Waals surface area (Å²) in [5.74, 6) is -0.981. The highest BCUT2D eigenvalue weighted by atomic mass is 16.4. The van der Waals surface area contributed by atoms with Gasteiger partial charge in [-0.05, 0) is 32.4 Å². The average Bonchev–Trinajstić information content (AvgIpc) is 2.49. The maximum Gasteiger partial charge on any atom is 0.356 e. The highest BCUT2D eigenvalue weighted by Gasteiger charge is 2.09. The molecule has 1 rings (SSSR count). The zero-order valence-corrected chi connectivity index (χ0v) is 8.23. The van der Waals surface area contributed by atoms with Crippen LogP contribution in [0.15, 0.2) is 6.07 Å². The lowest BCUT2D eigenvalue weighted by atomic mass is 10.3. The summed E-state index contributed by atoms with van der Waals surface area (Å²) in [6.07, 6.45) is 1.86. The molecule has 0 aliphatic carbocycles. The number of unbranched alkanes of at least 4 members (excludes halogenated alkanes) is 1. The van der Waals surface area contributed by atoms with Crippen molar-refractivity contribution in [2.45, 2.75) is 26.3 Å². The molecule has 0 saturated heterocycles. The maximum absolute atomic E-state index is 10.6. The summed E-state index contributed by atoms with van der Waals surface area (Å²) in [6.45, 7) is 3.24. The van der Waals surface area contributed by atoms with Crippen molar-refractivity contribution in [1.82, 2.24) is 9.78 Å². The van der Waals surface area contributed by atoms with Crippen molar-refractivity contribution in [3.63, 3.8) is 0 Å². The van der Waals surface area contributed by atoms with Crippen LogP contribution in [0.4, 0.5) is 0 Å². The van der Waals surface area contributed by atoms with Gasteiger partial charge in [0.1, 0.15) is 0 Å². The lowest BCUT2D eigenvalue weighted by Crippen LogP contribution is -2.07. The number of rotatable bonds is 5. The zero-order chi connectivity index (χ0) is 10.6. The standard InChI is InChI=1S/C9H15N3O2/c1-7-6-8(9(13)14)11-12(7)5-3-2-4-10/h6H,2-5,10H2,1H3,(H,13,14). The molecule has 14 heavy (non-hydrogen) atoms. The Balaban J connectivity index is 2.63. The molecule has 1 aromatic heterocycles. The molecule has 0 aliphatic heterocycles. The van der Waals surface area contributed by atoms with Gasteiger partial charge in [-0.2, -0.15) is 5.10 Å². The first-order valence-electron chi connectivity index (χ1n) is 4.63. The number of hydrogen-bond donors (Lipinski definition) is 2. The summed E-state index contributed by atoms with van der Waals surface area (Å²) in [6, 6.07) is 1.57. The van der Waals surface area contributed by atoms with Gasteiger partial charge in [-0.15, -0.1) is 0 Å². The number of nitrogens with two attached hydrogens (primary N) is 1. The molecule has 0 aromatic carbocycles. The van der Waals surface area contributed by atoms with Crippen molar-refractivity contribution in [1.29, 1.82) is 0 Å². The van der Waals surface area contributed by atoms with Gasteiger partial charge in [-0.25, -0.2) is 4.79 Å². The molecule has 0 fully saturated rings. The van der Waals surface area contributed by atoms with Gasteiger partial charge in [0.25, 0.3) is 0 Å². The number of hydrogen-bond acceptors (Lipinski definition) is 3. The quantitative estimate of drug-likeness (QED) is 0.678. The molecule has 0 aliphatic rings. The van der Waals surface area contributed by atoms with Crippen LogP contribution < -0.4 is 5.73 Å². The summed E-state index contributed by atoms with van der Waals surface area (Å²) in [7, 11) is 0. The SMILES string of the molecule is Cc1cc(C(=O)O)nn1CCCCN. The molecule has 0 amide bonds. The van der Waals surface area contributed by atoms with Crippen LogP contribution in [0.5, 0.6) is 0 Å².